The first-order chi connectivity index (χ1) is 21.1. The minimum atomic E-state index is -4.82. The zero-order chi connectivity index (χ0) is 33.3. The van der Waals surface area contributed by atoms with Crippen LogP contribution in [0.1, 0.15) is 39.0 Å². The van der Waals surface area contributed by atoms with E-state index in [4.69, 9.17) is 18.9 Å². The van der Waals surface area contributed by atoms with Crippen molar-refractivity contribution in [3.05, 3.63) is 72.1 Å². The molecular weight excluding hydrogens is 598 g/mol. The van der Waals surface area contributed by atoms with Gasteiger partial charge in [0.15, 0.2) is 34.9 Å². The Kier molecular flexibility index (Phi) is 9.46. The molecule has 0 fully saturated rings. The molecule has 45 heavy (non-hydrogen) atoms. The predicted octanol–water partition coefficient (Wildman–Crippen LogP) is 6.05. The van der Waals surface area contributed by atoms with Crippen LogP contribution in [0.2, 0.25) is 0 Å². The first-order valence-electron chi connectivity index (χ1n) is 14.0. The molecule has 238 valence electrons. The Morgan fingerprint density at radius 2 is 1.38 bits per heavy atom. The summed E-state index contributed by atoms with van der Waals surface area (Å²) in [6.07, 6.45) is 2.09. The number of carbonyl (C=O) groups excluding carboxylic acids is 1. The van der Waals surface area contributed by atoms with Gasteiger partial charge in [0.05, 0.1) is 39.2 Å². The van der Waals surface area contributed by atoms with E-state index < -0.39 is 16.4 Å². The molecule has 0 aliphatic heterocycles. The summed E-state index contributed by atoms with van der Waals surface area (Å²) in [6, 6.07) is 19.3. The first kappa shape index (κ1) is 33.3. The van der Waals surface area contributed by atoms with E-state index in [0.717, 1.165) is 62.3 Å². The van der Waals surface area contributed by atoms with Crippen LogP contribution in [-0.2, 0) is 24.8 Å². The van der Waals surface area contributed by atoms with E-state index in [1.54, 1.807) is 28.4 Å². The van der Waals surface area contributed by atoms with Crippen LogP contribution < -0.4 is 23.3 Å². The van der Waals surface area contributed by atoms with Gasteiger partial charge in [0.1, 0.15) is 0 Å². The molecule has 0 spiro atoms. The summed E-state index contributed by atoms with van der Waals surface area (Å²) in [5, 5.41) is 4.25. The van der Waals surface area contributed by atoms with E-state index in [1.165, 1.54) is 5.56 Å². The molecule has 0 unspecified atom stereocenters. The van der Waals surface area contributed by atoms with E-state index in [0.29, 0.717) is 11.5 Å². The molecule has 0 bridgehead atoms. The summed E-state index contributed by atoms with van der Waals surface area (Å²) in [4.78, 5) is 9.66. The van der Waals surface area contributed by atoms with Crippen molar-refractivity contribution in [2.24, 2.45) is 0 Å². The standard InChI is InChI=1S/C32H34NO4.C2H4O5S/c1-19-24-18-29(35-6)28(34-5)16-21(24)15-27-26-17-25(20-9-11-22(12-10-20)32(2,3)4)31(37-8)30(36-7)23(26)13-14-33(19)27;1-2(3)7-8(4,5)6/h9-18H,1-8H3;1H3,(H,4,5,6)/q+1;/p-1. The fourth-order valence-corrected chi connectivity index (χ4v) is 5.64. The Hall–Kier alpha value is -4.61. The van der Waals surface area contributed by atoms with Gasteiger partial charge in [-0.2, -0.15) is 4.40 Å². The molecule has 0 saturated carbocycles. The molecule has 0 radical (unpaired) electrons. The van der Waals surface area contributed by atoms with Crippen LogP contribution in [0.25, 0.3) is 38.2 Å². The summed E-state index contributed by atoms with van der Waals surface area (Å²) >= 11 is 0. The SMILES string of the molecule is CC(=O)OS(=O)(=O)[O-].COc1cc2cc3c4cc(-c5ccc(C(C)(C)C)cc5)c(OC)c(OC)c4cc[n+]3c(C)c2cc1OC. The van der Waals surface area contributed by atoms with Gasteiger partial charge in [-0.1, -0.05) is 45.0 Å². The number of methoxy groups -OCH3 is 4. The highest BCUT2D eigenvalue weighted by Crippen LogP contribution is 2.45. The topological polar surface area (TPSA) is 125 Å². The van der Waals surface area contributed by atoms with Gasteiger partial charge in [-0.05, 0) is 40.1 Å². The second-order valence-electron chi connectivity index (χ2n) is 11.4. The lowest BCUT2D eigenvalue weighted by Crippen LogP contribution is -2.25. The maximum atomic E-state index is 9.66. The number of aryl methyl sites for hydroxylation is 1. The minimum absolute atomic E-state index is 0.0822. The van der Waals surface area contributed by atoms with Gasteiger partial charge in [0.2, 0.25) is 5.52 Å². The van der Waals surface area contributed by atoms with Gasteiger partial charge >= 0.3 is 5.97 Å². The Morgan fingerprint density at radius 3 is 1.87 bits per heavy atom. The molecular formula is C34H37NO9S. The number of fused-ring (bicyclic) bond motifs is 4. The Morgan fingerprint density at radius 1 is 0.778 bits per heavy atom. The summed E-state index contributed by atoms with van der Waals surface area (Å²) in [5.41, 5.74) is 5.63. The molecule has 11 heteroatoms. The van der Waals surface area contributed by atoms with E-state index in [2.05, 4.69) is 84.9 Å². The zero-order valence-corrected chi connectivity index (χ0v) is 27.6. The molecule has 0 aliphatic carbocycles. The molecule has 5 rings (SSSR count). The number of aromatic nitrogens is 1. The number of hydrogen-bond acceptors (Lipinski definition) is 9. The van der Waals surface area contributed by atoms with Crippen molar-refractivity contribution in [3.63, 3.8) is 0 Å². The Labute approximate surface area is 263 Å². The number of carbonyl (C=O) groups is 1. The molecule has 0 saturated heterocycles. The van der Waals surface area contributed by atoms with E-state index in [1.807, 2.05) is 12.1 Å². The lowest BCUT2D eigenvalue weighted by molar-refractivity contribution is -0.516. The van der Waals surface area contributed by atoms with Crippen LogP contribution in [0.3, 0.4) is 0 Å². The first-order valence-corrected chi connectivity index (χ1v) is 15.3. The summed E-state index contributed by atoms with van der Waals surface area (Å²) in [6.45, 7) is 9.63. The Bertz CT molecular complexity index is 2010. The molecule has 0 aliphatic rings. The molecule has 10 nitrogen and oxygen atoms in total. The highest BCUT2D eigenvalue weighted by Gasteiger charge is 2.23. The van der Waals surface area contributed by atoms with Gasteiger partial charge in [-0.25, -0.2) is 8.42 Å². The number of pyridine rings is 2. The lowest BCUT2D eigenvalue weighted by Gasteiger charge is -2.20. The predicted molar refractivity (Wildman–Crippen MR) is 171 cm³/mol. The van der Waals surface area contributed by atoms with Gasteiger partial charge in [0, 0.05) is 36.9 Å². The van der Waals surface area contributed by atoms with Gasteiger partial charge in [-0.3, -0.25) is 4.79 Å². The van der Waals surface area contributed by atoms with Crippen molar-refractivity contribution in [1.29, 1.82) is 0 Å². The highest BCUT2D eigenvalue weighted by molar-refractivity contribution is 7.81. The average Bonchev–Trinajstić information content (AvgIpc) is 2.98. The highest BCUT2D eigenvalue weighted by atomic mass is 32.3. The second kappa shape index (κ2) is 12.8. The molecule has 2 heterocycles. The number of benzene rings is 3. The molecule has 5 aromatic rings. The van der Waals surface area contributed by atoms with Gasteiger partial charge in [0.25, 0.3) is 10.4 Å². The number of hydrogen-bond donors (Lipinski definition) is 0. The van der Waals surface area contributed by atoms with E-state index >= 15 is 0 Å². The number of rotatable bonds is 6. The van der Waals surface area contributed by atoms with Gasteiger partial charge in [-0.15, -0.1) is 0 Å². The van der Waals surface area contributed by atoms with E-state index in [9.17, 15) is 17.8 Å². The largest absolute Gasteiger partial charge is 0.716 e. The summed E-state index contributed by atoms with van der Waals surface area (Å²) in [5.74, 6) is 1.75. The smallest absolute Gasteiger partial charge is 0.318 e. The minimum Gasteiger partial charge on any atom is -0.716 e. The molecule has 3 aromatic carbocycles. The molecule has 0 atom stereocenters. The number of ether oxygens (including phenoxy) is 4. The normalized spacial score (nSPS) is 11.6. The van der Waals surface area contributed by atoms with Crippen molar-refractivity contribution < 1.29 is 45.3 Å². The fourth-order valence-electron chi connectivity index (χ4n) is 5.35. The molecule has 0 amide bonds. The van der Waals surface area contributed by atoms with Crippen molar-refractivity contribution in [3.8, 4) is 34.1 Å². The Balaban J connectivity index is 0.000000510. The van der Waals surface area contributed by atoms with Crippen LogP contribution in [0.15, 0.2) is 60.8 Å². The van der Waals surface area contributed by atoms with Crippen molar-refractivity contribution in [2.45, 2.75) is 40.0 Å². The summed E-state index contributed by atoms with van der Waals surface area (Å²) in [7, 11) is 1.90. The maximum absolute atomic E-state index is 9.66. The van der Waals surface area contributed by atoms with Crippen LogP contribution in [-0.4, -0.2) is 47.4 Å². The number of nitrogens with zero attached hydrogens (tertiary/aromatic N) is 1. The van der Waals surface area contributed by atoms with Crippen molar-refractivity contribution in [1.82, 2.24) is 0 Å². The maximum Gasteiger partial charge on any atom is 0.318 e. The third-order valence-corrected chi connectivity index (χ3v) is 7.93. The molecule has 2 aromatic heterocycles. The van der Waals surface area contributed by atoms with Crippen LogP contribution in [0.4, 0.5) is 0 Å². The fraction of sp³-hybridized carbons (Fsp3) is 0.294. The molecule has 0 N–H and O–H groups in total. The van der Waals surface area contributed by atoms with E-state index in [-0.39, 0.29) is 5.41 Å². The summed E-state index contributed by atoms with van der Waals surface area (Å²) < 4.78 is 56.8. The third kappa shape index (κ3) is 6.89. The second-order valence-corrected chi connectivity index (χ2v) is 12.3. The zero-order valence-electron chi connectivity index (χ0n) is 26.8. The quantitative estimate of drug-likeness (QED) is 0.0721. The lowest BCUT2D eigenvalue weighted by atomic mass is 9.86. The van der Waals surface area contributed by atoms with Crippen LogP contribution >= 0.6 is 0 Å². The average molecular weight is 636 g/mol. The van der Waals surface area contributed by atoms with Crippen LogP contribution in [0.5, 0.6) is 23.0 Å². The monoisotopic (exact) mass is 635 g/mol. The third-order valence-electron chi connectivity index (χ3n) is 7.49. The van der Waals surface area contributed by atoms with Crippen molar-refractivity contribution >= 4 is 43.4 Å². The van der Waals surface area contributed by atoms with Crippen molar-refractivity contribution in [2.75, 3.05) is 28.4 Å². The van der Waals surface area contributed by atoms with Crippen LogP contribution in [0, 0.1) is 6.92 Å². The van der Waals surface area contributed by atoms with Gasteiger partial charge < -0.3 is 27.7 Å².